The van der Waals surface area contributed by atoms with Crippen molar-refractivity contribution in [3.8, 4) is 12.0 Å². The van der Waals surface area contributed by atoms with Crippen LogP contribution in [0.2, 0.25) is 0 Å². The standard InChI is InChI=1S/C27H28F2N6O3S2/c28-21-6-3-7-22(29)23(21)24(36)25-26(30)33-27(39-25)32-19-10-15-35(16-11-19)40(37,38)20-9-8-18(31-17-20)5-4-14-34-12-1-2-13-34/h3,6-9,17,19H,1-2,5,10-13,15-16,30H2,(H,32,33). The van der Waals surface area contributed by atoms with Crippen LogP contribution in [-0.4, -0.2) is 65.6 Å². The van der Waals surface area contributed by atoms with E-state index in [-0.39, 0.29) is 34.7 Å². The lowest BCUT2D eigenvalue weighted by Crippen LogP contribution is -2.42. The minimum Gasteiger partial charge on any atom is -0.382 e. The van der Waals surface area contributed by atoms with E-state index in [0.29, 0.717) is 30.1 Å². The fourth-order valence-corrected chi connectivity index (χ4v) is 7.01. The molecule has 0 spiro atoms. The van der Waals surface area contributed by atoms with Gasteiger partial charge in [-0.15, -0.1) is 0 Å². The van der Waals surface area contributed by atoms with Crippen LogP contribution in [0.5, 0.6) is 0 Å². The average Bonchev–Trinajstić information content (AvgIpc) is 3.58. The summed E-state index contributed by atoms with van der Waals surface area (Å²) in [4.78, 5) is 23.3. The Morgan fingerprint density at radius 3 is 2.45 bits per heavy atom. The first-order chi connectivity index (χ1) is 19.2. The van der Waals surface area contributed by atoms with E-state index in [0.717, 1.165) is 49.4 Å². The van der Waals surface area contributed by atoms with E-state index in [9.17, 15) is 22.0 Å². The molecule has 5 rings (SSSR count). The van der Waals surface area contributed by atoms with Crippen molar-refractivity contribution in [1.82, 2.24) is 19.2 Å². The van der Waals surface area contributed by atoms with Crippen LogP contribution in [0, 0.1) is 23.6 Å². The molecule has 3 aromatic rings. The highest BCUT2D eigenvalue weighted by atomic mass is 32.2. The molecule has 2 fully saturated rings. The van der Waals surface area contributed by atoms with Gasteiger partial charge in [-0.3, -0.25) is 9.78 Å². The number of piperidine rings is 1. The zero-order chi connectivity index (χ0) is 28.3. The van der Waals surface area contributed by atoms with Crippen LogP contribution in [0.4, 0.5) is 19.7 Å². The number of carbonyl (C=O) groups is 1. The average molecular weight is 587 g/mol. The Morgan fingerprint density at radius 1 is 1.10 bits per heavy atom. The first-order valence-electron chi connectivity index (χ1n) is 12.9. The predicted octanol–water partition coefficient (Wildman–Crippen LogP) is 3.49. The van der Waals surface area contributed by atoms with Crippen molar-refractivity contribution in [3.63, 3.8) is 0 Å². The zero-order valence-electron chi connectivity index (χ0n) is 21.6. The first kappa shape index (κ1) is 27.9. The van der Waals surface area contributed by atoms with Gasteiger partial charge in [0.05, 0.1) is 17.7 Å². The van der Waals surface area contributed by atoms with Crippen molar-refractivity contribution >= 4 is 38.1 Å². The summed E-state index contributed by atoms with van der Waals surface area (Å²) in [5.74, 6) is 0.143. The summed E-state index contributed by atoms with van der Waals surface area (Å²) in [7, 11) is -3.71. The maximum Gasteiger partial charge on any atom is 0.244 e. The van der Waals surface area contributed by atoms with E-state index in [1.807, 2.05) is 0 Å². The zero-order valence-corrected chi connectivity index (χ0v) is 23.2. The highest BCUT2D eigenvalue weighted by molar-refractivity contribution is 7.89. The van der Waals surface area contributed by atoms with E-state index >= 15 is 0 Å². The van der Waals surface area contributed by atoms with Gasteiger partial charge in [-0.2, -0.15) is 4.31 Å². The SMILES string of the molecule is Nc1nc(NC2CCN(S(=O)(=O)c3ccc(CC#CN4CCCC4)nc3)CC2)sc1C(=O)c1c(F)cccc1F. The number of halogens is 2. The Hall–Kier alpha value is -3.60. The summed E-state index contributed by atoms with van der Waals surface area (Å²) in [6.07, 6.45) is 5.13. The molecule has 0 aliphatic carbocycles. The number of nitrogens with zero attached hydrogens (tertiary/aromatic N) is 4. The molecule has 2 saturated heterocycles. The molecule has 0 saturated carbocycles. The molecule has 4 heterocycles. The third kappa shape index (κ3) is 6.09. The van der Waals surface area contributed by atoms with E-state index in [1.165, 1.54) is 16.6 Å². The van der Waals surface area contributed by atoms with E-state index < -0.39 is 33.0 Å². The number of aromatic nitrogens is 2. The lowest BCUT2D eigenvalue weighted by molar-refractivity contribution is 0.103. The van der Waals surface area contributed by atoms with Crippen molar-refractivity contribution in [3.05, 3.63) is 64.3 Å². The Labute approximate surface area is 235 Å². The second-order valence-corrected chi connectivity index (χ2v) is 12.6. The second-order valence-electron chi connectivity index (χ2n) is 9.63. The predicted molar refractivity (Wildman–Crippen MR) is 148 cm³/mol. The summed E-state index contributed by atoms with van der Waals surface area (Å²) in [5, 5.41) is 3.50. The summed E-state index contributed by atoms with van der Waals surface area (Å²) in [6, 6.07) is 9.44. The molecule has 2 aliphatic heterocycles. The molecule has 0 atom stereocenters. The summed E-state index contributed by atoms with van der Waals surface area (Å²) in [6.45, 7) is 2.52. The Bertz CT molecular complexity index is 1530. The van der Waals surface area contributed by atoms with Gasteiger partial charge in [0, 0.05) is 44.5 Å². The number of likely N-dealkylation sites (tertiary alicyclic amines) is 1. The molecule has 0 radical (unpaired) electrons. The molecule has 210 valence electrons. The number of sulfonamides is 1. The lowest BCUT2D eigenvalue weighted by Gasteiger charge is -2.31. The van der Waals surface area contributed by atoms with Crippen molar-refractivity contribution in [2.24, 2.45) is 0 Å². The minimum absolute atomic E-state index is 0.0653. The van der Waals surface area contributed by atoms with Crippen LogP contribution in [0.25, 0.3) is 0 Å². The first-order valence-corrected chi connectivity index (χ1v) is 15.2. The number of anilines is 2. The number of nitrogens with two attached hydrogens (primary N) is 1. The van der Waals surface area contributed by atoms with Gasteiger partial charge < -0.3 is 16.0 Å². The maximum absolute atomic E-state index is 14.1. The maximum atomic E-state index is 14.1. The molecule has 3 N–H and O–H groups in total. The van der Waals surface area contributed by atoms with Gasteiger partial charge in [0.1, 0.15) is 27.2 Å². The molecule has 0 bridgehead atoms. The number of hydrogen-bond acceptors (Lipinski definition) is 9. The van der Waals surface area contributed by atoms with Crippen LogP contribution < -0.4 is 11.1 Å². The smallest absolute Gasteiger partial charge is 0.244 e. The topological polar surface area (TPSA) is 122 Å². The molecular formula is C27H28F2N6O3S2. The number of benzene rings is 1. The third-order valence-electron chi connectivity index (χ3n) is 6.88. The number of pyridine rings is 1. The Balaban J connectivity index is 1.17. The van der Waals surface area contributed by atoms with Crippen LogP contribution in [0.1, 0.15) is 46.6 Å². The number of nitrogens with one attached hydrogen (secondary N) is 1. The molecule has 2 aromatic heterocycles. The summed E-state index contributed by atoms with van der Waals surface area (Å²) in [5.41, 5.74) is 5.92. The largest absolute Gasteiger partial charge is 0.382 e. The monoisotopic (exact) mass is 586 g/mol. The normalized spacial score (nSPS) is 16.5. The van der Waals surface area contributed by atoms with Gasteiger partial charge in [0.25, 0.3) is 0 Å². The molecular weight excluding hydrogens is 558 g/mol. The van der Waals surface area contributed by atoms with Crippen molar-refractivity contribution in [2.45, 2.75) is 43.0 Å². The van der Waals surface area contributed by atoms with Crippen molar-refractivity contribution < 1.29 is 22.0 Å². The van der Waals surface area contributed by atoms with Crippen LogP contribution >= 0.6 is 11.3 Å². The molecule has 0 unspecified atom stereocenters. The molecule has 2 aliphatic rings. The summed E-state index contributed by atoms with van der Waals surface area (Å²) < 4.78 is 55.9. The second kappa shape index (κ2) is 11.9. The third-order valence-corrected chi connectivity index (χ3v) is 9.76. The molecule has 9 nitrogen and oxygen atoms in total. The number of nitrogen functional groups attached to an aromatic ring is 1. The number of rotatable bonds is 7. The molecule has 40 heavy (non-hydrogen) atoms. The van der Waals surface area contributed by atoms with Gasteiger partial charge in [-0.1, -0.05) is 23.3 Å². The Morgan fingerprint density at radius 2 is 1.80 bits per heavy atom. The minimum atomic E-state index is -3.71. The van der Waals surface area contributed by atoms with Crippen LogP contribution in [0.3, 0.4) is 0 Å². The highest BCUT2D eigenvalue weighted by Crippen LogP contribution is 2.31. The van der Waals surface area contributed by atoms with E-state index in [4.69, 9.17) is 5.73 Å². The fraction of sp³-hybridized carbons (Fsp3) is 0.370. The number of hydrogen-bond donors (Lipinski definition) is 2. The lowest BCUT2D eigenvalue weighted by atomic mass is 10.1. The number of thiazole rings is 1. The van der Waals surface area contributed by atoms with Gasteiger partial charge in [0.2, 0.25) is 15.8 Å². The van der Waals surface area contributed by atoms with E-state index in [1.54, 1.807) is 12.1 Å². The van der Waals surface area contributed by atoms with Crippen molar-refractivity contribution in [2.75, 3.05) is 37.2 Å². The van der Waals surface area contributed by atoms with Gasteiger partial charge in [0.15, 0.2) is 5.13 Å². The molecule has 13 heteroatoms. The fourth-order valence-electron chi connectivity index (χ4n) is 4.69. The Kier molecular flexibility index (Phi) is 8.30. The number of ketones is 1. The molecule has 0 amide bonds. The van der Waals surface area contributed by atoms with Crippen LogP contribution in [-0.2, 0) is 16.4 Å². The van der Waals surface area contributed by atoms with Crippen LogP contribution in [0.15, 0.2) is 41.4 Å². The highest BCUT2D eigenvalue weighted by Gasteiger charge is 2.31. The number of carbonyl (C=O) groups excluding carboxylic acids is 1. The van der Waals surface area contributed by atoms with Crippen molar-refractivity contribution in [1.29, 1.82) is 0 Å². The van der Waals surface area contributed by atoms with Gasteiger partial charge in [-0.25, -0.2) is 22.2 Å². The molecule has 1 aromatic carbocycles. The van der Waals surface area contributed by atoms with Gasteiger partial charge in [-0.05, 0) is 49.9 Å². The summed E-state index contributed by atoms with van der Waals surface area (Å²) >= 11 is 0.908. The van der Waals surface area contributed by atoms with E-state index in [2.05, 4.69) is 32.1 Å². The quantitative estimate of drug-likeness (QED) is 0.319. The van der Waals surface area contributed by atoms with Gasteiger partial charge >= 0.3 is 0 Å².